The van der Waals surface area contributed by atoms with Crippen molar-refractivity contribution in [3.63, 3.8) is 0 Å². The fraction of sp³-hybridized carbons (Fsp3) is 0.250. The Bertz CT molecular complexity index is 882. The van der Waals surface area contributed by atoms with Crippen LogP contribution in [0, 0.1) is 0 Å². The van der Waals surface area contributed by atoms with Gasteiger partial charge in [-0.15, -0.1) is 10.2 Å². The number of rotatable bonds is 8. The van der Waals surface area contributed by atoms with E-state index in [0.717, 1.165) is 17.0 Å². The molecule has 27 heavy (non-hydrogen) atoms. The molecule has 0 saturated carbocycles. The Balaban J connectivity index is 1.68. The molecule has 0 aliphatic heterocycles. The zero-order chi connectivity index (χ0) is 19.1. The molecule has 0 N–H and O–H groups in total. The van der Waals surface area contributed by atoms with Gasteiger partial charge in [0.05, 0.1) is 18.6 Å². The van der Waals surface area contributed by atoms with Gasteiger partial charge in [0.2, 0.25) is 5.91 Å². The first-order chi connectivity index (χ1) is 13.2. The first kappa shape index (κ1) is 19.0. The van der Waals surface area contributed by atoms with Crippen LogP contribution in [0.15, 0.2) is 66.1 Å². The quantitative estimate of drug-likeness (QED) is 0.559. The molecular formula is C20H22N4O2S. The number of hydrogen-bond donors (Lipinski definition) is 0. The lowest BCUT2D eigenvalue weighted by atomic mass is 10.2. The average Bonchev–Trinajstić information content (AvgIpc) is 3.19. The number of aromatic nitrogens is 3. The molecule has 0 unspecified atom stereocenters. The number of methoxy groups -OCH3 is 1. The standard InChI is InChI=1S/C20H22N4O2S/c1-3-23(13-16-9-5-4-6-10-16)19(25)14-27-20-22-21-15-24(20)17-11-7-8-12-18(17)26-2/h4-12,15H,3,13-14H2,1-2H3. The molecule has 7 heteroatoms. The van der Waals surface area contributed by atoms with Crippen molar-refractivity contribution in [1.29, 1.82) is 0 Å². The highest BCUT2D eigenvalue weighted by Gasteiger charge is 2.16. The van der Waals surface area contributed by atoms with E-state index < -0.39 is 0 Å². The lowest BCUT2D eigenvalue weighted by Crippen LogP contribution is -2.31. The predicted molar refractivity (Wildman–Crippen MR) is 106 cm³/mol. The molecule has 140 valence electrons. The number of amides is 1. The van der Waals surface area contributed by atoms with E-state index in [2.05, 4.69) is 10.2 Å². The van der Waals surface area contributed by atoms with E-state index in [0.29, 0.717) is 24.0 Å². The molecule has 1 heterocycles. The Morgan fingerprint density at radius 3 is 2.63 bits per heavy atom. The van der Waals surface area contributed by atoms with E-state index in [1.165, 1.54) is 11.8 Å². The molecule has 1 aromatic heterocycles. The summed E-state index contributed by atoms with van der Waals surface area (Å²) in [4.78, 5) is 14.5. The van der Waals surface area contributed by atoms with Gasteiger partial charge in [-0.05, 0) is 24.6 Å². The Morgan fingerprint density at radius 2 is 1.89 bits per heavy atom. The summed E-state index contributed by atoms with van der Waals surface area (Å²) in [6.07, 6.45) is 1.63. The molecule has 0 saturated heterocycles. The summed E-state index contributed by atoms with van der Waals surface area (Å²) < 4.78 is 7.25. The van der Waals surface area contributed by atoms with Crippen LogP contribution in [0.2, 0.25) is 0 Å². The van der Waals surface area contributed by atoms with Gasteiger partial charge in [0.25, 0.3) is 0 Å². The van der Waals surface area contributed by atoms with E-state index in [-0.39, 0.29) is 5.91 Å². The highest BCUT2D eigenvalue weighted by molar-refractivity contribution is 7.99. The summed E-state index contributed by atoms with van der Waals surface area (Å²) >= 11 is 1.37. The van der Waals surface area contributed by atoms with Crippen LogP contribution < -0.4 is 4.74 Å². The third kappa shape index (κ3) is 4.68. The summed E-state index contributed by atoms with van der Waals surface area (Å²) in [5.74, 6) is 1.10. The smallest absolute Gasteiger partial charge is 0.233 e. The van der Waals surface area contributed by atoms with Gasteiger partial charge in [0.1, 0.15) is 12.1 Å². The van der Waals surface area contributed by atoms with Gasteiger partial charge in [0.15, 0.2) is 5.16 Å². The fourth-order valence-corrected chi connectivity index (χ4v) is 3.54. The van der Waals surface area contributed by atoms with Crippen LogP contribution in [0.25, 0.3) is 5.69 Å². The second kappa shape index (κ2) is 9.23. The second-order valence-corrected chi connectivity index (χ2v) is 6.78. The summed E-state index contributed by atoms with van der Waals surface area (Å²) in [5, 5.41) is 8.81. The minimum Gasteiger partial charge on any atom is -0.495 e. The molecule has 0 radical (unpaired) electrons. The van der Waals surface area contributed by atoms with Crippen molar-refractivity contribution in [2.24, 2.45) is 0 Å². The molecule has 0 aliphatic rings. The van der Waals surface area contributed by atoms with E-state index >= 15 is 0 Å². The van der Waals surface area contributed by atoms with Gasteiger partial charge >= 0.3 is 0 Å². The number of benzene rings is 2. The summed E-state index contributed by atoms with van der Waals surface area (Å²) in [6, 6.07) is 17.7. The van der Waals surface area contributed by atoms with Crippen molar-refractivity contribution >= 4 is 17.7 Å². The zero-order valence-corrected chi connectivity index (χ0v) is 16.2. The van der Waals surface area contributed by atoms with E-state index in [9.17, 15) is 4.79 Å². The molecule has 0 spiro atoms. The number of carbonyl (C=O) groups excluding carboxylic acids is 1. The normalized spacial score (nSPS) is 10.6. The first-order valence-corrected chi connectivity index (χ1v) is 9.69. The van der Waals surface area contributed by atoms with Crippen LogP contribution >= 0.6 is 11.8 Å². The number of nitrogens with zero attached hydrogens (tertiary/aromatic N) is 4. The van der Waals surface area contributed by atoms with Crippen molar-refractivity contribution in [2.75, 3.05) is 19.4 Å². The first-order valence-electron chi connectivity index (χ1n) is 8.70. The molecular weight excluding hydrogens is 360 g/mol. The van der Waals surface area contributed by atoms with Gasteiger partial charge < -0.3 is 9.64 Å². The van der Waals surface area contributed by atoms with Crippen molar-refractivity contribution in [1.82, 2.24) is 19.7 Å². The molecule has 0 bridgehead atoms. The van der Waals surface area contributed by atoms with Gasteiger partial charge in [-0.1, -0.05) is 54.2 Å². The molecule has 6 nitrogen and oxygen atoms in total. The molecule has 2 aromatic carbocycles. The van der Waals surface area contributed by atoms with E-state index in [1.807, 2.05) is 71.0 Å². The van der Waals surface area contributed by atoms with E-state index in [1.54, 1.807) is 13.4 Å². The van der Waals surface area contributed by atoms with Crippen LogP contribution in [-0.2, 0) is 11.3 Å². The third-order valence-electron chi connectivity index (χ3n) is 4.14. The topological polar surface area (TPSA) is 60.2 Å². The minimum atomic E-state index is 0.0703. The van der Waals surface area contributed by atoms with Gasteiger partial charge in [-0.3, -0.25) is 9.36 Å². The summed E-state index contributed by atoms with van der Waals surface area (Å²) in [5.41, 5.74) is 1.96. The summed E-state index contributed by atoms with van der Waals surface area (Å²) in [6.45, 7) is 3.26. The molecule has 0 atom stereocenters. The molecule has 3 aromatic rings. The minimum absolute atomic E-state index is 0.0703. The number of hydrogen-bond acceptors (Lipinski definition) is 5. The van der Waals surface area contributed by atoms with Gasteiger partial charge in [0, 0.05) is 13.1 Å². The van der Waals surface area contributed by atoms with Crippen molar-refractivity contribution in [2.45, 2.75) is 18.6 Å². The van der Waals surface area contributed by atoms with Crippen LogP contribution in [0.4, 0.5) is 0 Å². The lowest BCUT2D eigenvalue weighted by molar-refractivity contribution is -0.128. The molecule has 0 fully saturated rings. The second-order valence-electron chi connectivity index (χ2n) is 5.84. The Hall–Kier alpha value is -2.80. The number of para-hydroxylation sites is 2. The maximum Gasteiger partial charge on any atom is 0.233 e. The highest BCUT2D eigenvalue weighted by Crippen LogP contribution is 2.26. The van der Waals surface area contributed by atoms with Crippen LogP contribution in [-0.4, -0.2) is 45.0 Å². The third-order valence-corrected chi connectivity index (χ3v) is 5.06. The number of thioether (sulfide) groups is 1. The fourth-order valence-electron chi connectivity index (χ4n) is 2.71. The van der Waals surface area contributed by atoms with Gasteiger partial charge in [-0.25, -0.2) is 0 Å². The highest BCUT2D eigenvalue weighted by atomic mass is 32.2. The zero-order valence-electron chi connectivity index (χ0n) is 15.4. The largest absolute Gasteiger partial charge is 0.495 e. The maximum absolute atomic E-state index is 12.7. The van der Waals surface area contributed by atoms with Gasteiger partial charge in [-0.2, -0.15) is 0 Å². The molecule has 1 amide bonds. The Morgan fingerprint density at radius 1 is 1.15 bits per heavy atom. The van der Waals surface area contributed by atoms with Crippen molar-refractivity contribution in [3.8, 4) is 11.4 Å². The van der Waals surface area contributed by atoms with Crippen molar-refractivity contribution in [3.05, 3.63) is 66.5 Å². The maximum atomic E-state index is 12.7. The van der Waals surface area contributed by atoms with Crippen molar-refractivity contribution < 1.29 is 9.53 Å². The predicted octanol–water partition coefficient (Wildman–Crippen LogP) is 3.42. The van der Waals surface area contributed by atoms with Crippen LogP contribution in [0.3, 0.4) is 0 Å². The number of carbonyl (C=O) groups is 1. The van der Waals surface area contributed by atoms with E-state index in [4.69, 9.17) is 4.74 Å². The molecule has 3 rings (SSSR count). The average molecular weight is 382 g/mol. The lowest BCUT2D eigenvalue weighted by Gasteiger charge is -2.20. The summed E-state index contributed by atoms with van der Waals surface area (Å²) in [7, 11) is 1.63. The Labute approximate surface area is 163 Å². The SMILES string of the molecule is CCN(Cc1ccccc1)C(=O)CSc1nncn1-c1ccccc1OC. The van der Waals surface area contributed by atoms with Crippen LogP contribution in [0.5, 0.6) is 5.75 Å². The van der Waals surface area contributed by atoms with Crippen LogP contribution in [0.1, 0.15) is 12.5 Å². The number of ether oxygens (including phenoxy) is 1. The molecule has 0 aliphatic carbocycles. The Kier molecular flexibility index (Phi) is 6.49. The monoisotopic (exact) mass is 382 g/mol.